The minimum atomic E-state index is 0.549. The van der Waals surface area contributed by atoms with Gasteiger partial charge in [-0.2, -0.15) is 0 Å². The number of hydrogen-bond donors (Lipinski definition) is 1. The predicted octanol–water partition coefficient (Wildman–Crippen LogP) is 2.64. The third kappa shape index (κ3) is 2.01. The first-order chi connectivity index (χ1) is 3.72. The van der Waals surface area contributed by atoms with E-state index in [1.165, 1.54) is 0 Å². The predicted molar refractivity (Wildman–Crippen MR) is 35.9 cm³/mol. The first-order valence-electron chi connectivity index (χ1n) is 3.09. The highest BCUT2D eigenvalue weighted by atomic mass is 16.3. The van der Waals surface area contributed by atoms with Crippen LogP contribution in [0.5, 0.6) is 0 Å². The van der Waals surface area contributed by atoms with Gasteiger partial charge in [-0.1, -0.05) is 13.8 Å². The minimum absolute atomic E-state index is 0.549. The number of aliphatic hydroxyl groups is 1. The van der Waals surface area contributed by atoms with E-state index in [2.05, 4.69) is 0 Å². The summed E-state index contributed by atoms with van der Waals surface area (Å²) in [7, 11) is 0. The Morgan fingerprint density at radius 2 is 1.75 bits per heavy atom. The van der Waals surface area contributed by atoms with Gasteiger partial charge >= 0.3 is 0 Å². The van der Waals surface area contributed by atoms with Gasteiger partial charge in [0.25, 0.3) is 0 Å². The van der Waals surface area contributed by atoms with E-state index in [0.29, 0.717) is 5.76 Å². The quantitative estimate of drug-likeness (QED) is 0.547. The summed E-state index contributed by atoms with van der Waals surface area (Å²) in [6, 6.07) is 0. The lowest BCUT2D eigenvalue weighted by molar-refractivity contribution is 0.385. The zero-order valence-electron chi connectivity index (χ0n) is 5.86. The van der Waals surface area contributed by atoms with Gasteiger partial charge in [0.05, 0.1) is 5.76 Å². The average Bonchev–Trinajstić information content (AvgIpc) is 1.84. The van der Waals surface area contributed by atoms with Crippen molar-refractivity contribution in [3.05, 3.63) is 11.3 Å². The average molecular weight is 114 g/mol. The summed E-state index contributed by atoms with van der Waals surface area (Å²) in [4.78, 5) is 0. The Balaban J connectivity index is 3.83. The van der Waals surface area contributed by atoms with E-state index in [1.54, 1.807) is 0 Å². The number of allylic oxidation sites excluding steroid dienone is 2. The van der Waals surface area contributed by atoms with Crippen LogP contribution in [0.1, 0.15) is 33.6 Å². The first-order valence-corrected chi connectivity index (χ1v) is 3.09. The molecule has 0 bridgehead atoms. The molecule has 0 saturated heterocycles. The normalized spacial score (nSPS) is 13.4. The molecule has 0 aromatic heterocycles. The van der Waals surface area contributed by atoms with E-state index >= 15 is 0 Å². The molecule has 0 aromatic rings. The first kappa shape index (κ1) is 7.54. The van der Waals surface area contributed by atoms with E-state index < -0.39 is 0 Å². The van der Waals surface area contributed by atoms with Crippen molar-refractivity contribution < 1.29 is 5.11 Å². The van der Waals surface area contributed by atoms with Crippen LogP contribution in [0.4, 0.5) is 0 Å². The minimum Gasteiger partial charge on any atom is -0.512 e. The Bertz CT molecular complexity index is 80.6. The largest absolute Gasteiger partial charge is 0.512 e. The molecular formula is C7H14O. The van der Waals surface area contributed by atoms with E-state index in [4.69, 9.17) is 5.11 Å². The summed E-state index contributed by atoms with van der Waals surface area (Å²) in [5, 5.41) is 9.01. The van der Waals surface area contributed by atoms with E-state index in [9.17, 15) is 0 Å². The molecule has 0 radical (unpaired) electrons. The molecule has 8 heavy (non-hydrogen) atoms. The number of aliphatic hydroxyl groups excluding tert-OH is 1. The lowest BCUT2D eigenvalue weighted by Crippen LogP contribution is -1.82. The van der Waals surface area contributed by atoms with Crippen molar-refractivity contribution >= 4 is 0 Å². The summed E-state index contributed by atoms with van der Waals surface area (Å²) in [5.74, 6) is 0.549. The molecular weight excluding hydrogens is 100 g/mol. The molecule has 0 heterocycles. The van der Waals surface area contributed by atoms with Crippen LogP contribution in [-0.2, 0) is 0 Å². The lowest BCUT2D eigenvalue weighted by Gasteiger charge is -1.97. The van der Waals surface area contributed by atoms with E-state index in [-0.39, 0.29) is 0 Å². The second kappa shape index (κ2) is 3.53. The summed E-state index contributed by atoms with van der Waals surface area (Å²) in [6.07, 6.45) is 1.72. The molecule has 0 aliphatic heterocycles. The molecule has 48 valence electrons. The van der Waals surface area contributed by atoms with Crippen molar-refractivity contribution in [2.24, 2.45) is 0 Å². The van der Waals surface area contributed by atoms with Crippen molar-refractivity contribution in [2.75, 3.05) is 0 Å². The Labute approximate surface area is 51.0 Å². The molecule has 1 N–H and O–H groups in total. The Kier molecular flexibility index (Phi) is 3.33. The zero-order valence-corrected chi connectivity index (χ0v) is 5.86. The topological polar surface area (TPSA) is 20.2 Å². The van der Waals surface area contributed by atoms with Crippen LogP contribution in [0.25, 0.3) is 0 Å². The molecule has 0 aromatic carbocycles. The van der Waals surface area contributed by atoms with Gasteiger partial charge in [0.15, 0.2) is 0 Å². The Morgan fingerprint density at radius 1 is 1.25 bits per heavy atom. The third-order valence-electron chi connectivity index (χ3n) is 1.36. The Morgan fingerprint density at radius 3 is 1.88 bits per heavy atom. The highest BCUT2D eigenvalue weighted by Gasteiger charge is 1.91. The molecule has 1 nitrogen and oxygen atoms in total. The maximum atomic E-state index is 9.01. The number of rotatable bonds is 2. The molecule has 0 saturated carbocycles. The van der Waals surface area contributed by atoms with Crippen molar-refractivity contribution in [1.82, 2.24) is 0 Å². The third-order valence-corrected chi connectivity index (χ3v) is 1.36. The van der Waals surface area contributed by atoms with Gasteiger partial charge in [-0.05, 0) is 18.9 Å². The summed E-state index contributed by atoms with van der Waals surface area (Å²) < 4.78 is 0. The van der Waals surface area contributed by atoms with E-state index in [0.717, 1.165) is 18.4 Å². The molecule has 0 spiro atoms. The van der Waals surface area contributed by atoms with Crippen molar-refractivity contribution in [3.63, 3.8) is 0 Å². The van der Waals surface area contributed by atoms with Crippen molar-refractivity contribution in [2.45, 2.75) is 33.6 Å². The van der Waals surface area contributed by atoms with Crippen LogP contribution in [0.3, 0.4) is 0 Å². The maximum absolute atomic E-state index is 9.01. The lowest BCUT2D eigenvalue weighted by atomic mass is 10.2. The van der Waals surface area contributed by atoms with Gasteiger partial charge in [-0.3, -0.25) is 0 Å². The van der Waals surface area contributed by atoms with Crippen LogP contribution in [0.15, 0.2) is 11.3 Å². The molecule has 0 fully saturated rings. The van der Waals surface area contributed by atoms with Crippen LogP contribution < -0.4 is 0 Å². The SMILES string of the molecule is CCC(C)=C(O)CC. The fourth-order valence-electron chi connectivity index (χ4n) is 0.506. The van der Waals surface area contributed by atoms with Crippen molar-refractivity contribution in [1.29, 1.82) is 0 Å². The van der Waals surface area contributed by atoms with Gasteiger partial charge in [0.2, 0.25) is 0 Å². The van der Waals surface area contributed by atoms with Crippen molar-refractivity contribution in [3.8, 4) is 0 Å². The molecule has 0 atom stereocenters. The highest BCUT2D eigenvalue weighted by Crippen LogP contribution is 2.06. The van der Waals surface area contributed by atoms with Crippen LogP contribution >= 0.6 is 0 Å². The summed E-state index contributed by atoms with van der Waals surface area (Å²) >= 11 is 0. The number of hydrogen-bond acceptors (Lipinski definition) is 1. The van der Waals surface area contributed by atoms with Gasteiger partial charge in [-0.25, -0.2) is 0 Å². The molecule has 0 amide bonds. The van der Waals surface area contributed by atoms with Crippen LogP contribution in [0.2, 0.25) is 0 Å². The van der Waals surface area contributed by atoms with Gasteiger partial charge in [0.1, 0.15) is 0 Å². The summed E-state index contributed by atoms with van der Waals surface area (Å²) in [6.45, 7) is 5.95. The smallest absolute Gasteiger partial charge is 0.0908 e. The van der Waals surface area contributed by atoms with Gasteiger partial charge in [0, 0.05) is 6.42 Å². The van der Waals surface area contributed by atoms with Gasteiger partial charge in [-0.15, -0.1) is 0 Å². The zero-order chi connectivity index (χ0) is 6.57. The molecule has 0 rings (SSSR count). The standard InChI is InChI=1S/C7H14O/c1-4-6(3)7(8)5-2/h8H,4-5H2,1-3H3. The monoisotopic (exact) mass is 114 g/mol. The molecule has 0 aliphatic rings. The van der Waals surface area contributed by atoms with E-state index in [1.807, 2.05) is 20.8 Å². The molecule has 1 heteroatoms. The molecule has 0 aliphatic carbocycles. The summed E-state index contributed by atoms with van der Waals surface area (Å²) in [5.41, 5.74) is 1.10. The maximum Gasteiger partial charge on any atom is 0.0908 e. The second-order valence-electron chi connectivity index (χ2n) is 1.93. The Hall–Kier alpha value is -0.460. The highest BCUT2D eigenvalue weighted by molar-refractivity contribution is 5.02. The van der Waals surface area contributed by atoms with Gasteiger partial charge < -0.3 is 5.11 Å². The molecule has 0 unspecified atom stereocenters. The fourth-order valence-corrected chi connectivity index (χ4v) is 0.506. The van der Waals surface area contributed by atoms with Crippen LogP contribution in [-0.4, -0.2) is 5.11 Å². The fraction of sp³-hybridized carbons (Fsp3) is 0.714. The van der Waals surface area contributed by atoms with Crippen LogP contribution in [0, 0.1) is 0 Å². The second-order valence-corrected chi connectivity index (χ2v) is 1.93.